The molecule has 0 fully saturated rings. The van der Waals surface area contributed by atoms with E-state index in [1.807, 2.05) is 19.1 Å². The molecule has 3 aromatic rings. The maximum atomic E-state index is 13.2. The third-order valence-electron chi connectivity index (χ3n) is 5.08. The van der Waals surface area contributed by atoms with Crippen LogP contribution in [0.2, 0.25) is 0 Å². The van der Waals surface area contributed by atoms with Gasteiger partial charge in [-0.05, 0) is 59.9 Å². The van der Waals surface area contributed by atoms with E-state index in [1.165, 1.54) is 28.1 Å². The number of halogens is 1. The minimum absolute atomic E-state index is 0.0624. The number of hydrogen-bond acceptors (Lipinski definition) is 4. The summed E-state index contributed by atoms with van der Waals surface area (Å²) in [5, 5.41) is 19.2. The first-order valence-electron chi connectivity index (χ1n) is 9.85. The molecule has 0 radical (unpaired) electrons. The Morgan fingerprint density at radius 3 is 2.41 bits per heavy atom. The van der Waals surface area contributed by atoms with Crippen molar-refractivity contribution in [3.8, 4) is 10.4 Å². The highest BCUT2D eigenvalue weighted by Gasteiger charge is 2.17. The molecular formula is C24H27FO3S. The third-order valence-corrected chi connectivity index (χ3v) is 6.22. The molecule has 29 heavy (non-hydrogen) atoms. The number of rotatable bonds is 9. The summed E-state index contributed by atoms with van der Waals surface area (Å²) in [6, 6.07) is 16.8. The molecular weight excluding hydrogens is 387 g/mol. The highest BCUT2D eigenvalue weighted by atomic mass is 32.1. The minimum Gasteiger partial charge on any atom is -0.394 e. The van der Waals surface area contributed by atoms with Gasteiger partial charge in [-0.2, -0.15) is 0 Å². The average Bonchev–Trinajstić information content (AvgIpc) is 3.20. The summed E-state index contributed by atoms with van der Waals surface area (Å²) in [6.07, 6.45) is 0.727. The monoisotopic (exact) mass is 414 g/mol. The molecule has 0 saturated heterocycles. The van der Waals surface area contributed by atoms with Gasteiger partial charge in [0.1, 0.15) is 11.9 Å². The molecule has 5 heteroatoms. The lowest BCUT2D eigenvalue weighted by molar-refractivity contribution is -0.0631. The van der Waals surface area contributed by atoms with Crippen LogP contribution >= 0.6 is 11.3 Å². The van der Waals surface area contributed by atoms with Crippen LogP contribution in [-0.2, 0) is 11.2 Å². The van der Waals surface area contributed by atoms with Gasteiger partial charge in [-0.25, -0.2) is 4.39 Å². The van der Waals surface area contributed by atoms with Crippen LogP contribution in [0.5, 0.6) is 0 Å². The van der Waals surface area contributed by atoms with Gasteiger partial charge in [0.2, 0.25) is 0 Å². The Morgan fingerprint density at radius 2 is 1.76 bits per heavy atom. The Labute approximate surface area is 175 Å². The second-order valence-corrected chi connectivity index (χ2v) is 8.32. The number of aliphatic hydroxyl groups excluding tert-OH is 2. The number of aryl methyl sites for hydroxylation is 1. The summed E-state index contributed by atoms with van der Waals surface area (Å²) in [7, 11) is 0. The number of benzene rings is 2. The summed E-state index contributed by atoms with van der Waals surface area (Å²) in [6.45, 7) is 3.83. The van der Waals surface area contributed by atoms with Crippen LogP contribution in [0.3, 0.4) is 0 Å². The molecule has 0 aliphatic heterocycles. The lowest BCUT2D eigenvalue weighted by Gasteiger charge is -2.22. The van der Waals surface area contributed by atoms with Gasteiger partial charge < -0.3 is 14.9 Å². The van der Waals surface area contributed by atoms with Gasteiger partial charge in [-0.1, -0.05) is 37.3 Å². The van der Waals surface area contributed by atoms with E-state index in [9.17, 15) is 14.6 Å². The number of ether oxygens (including phenoxy) is 1. The van der Waals surface area contributed by atoms with Gasteiger partial charge in [0.05, 0.1) is 19.3 Å². The van der Waals surface area contributed by atoms with Crippen LogP contribution in [0.25, 0.3) is 10.4 Å². The van der Waals surface area contributed by atoms with Gasteiger partial charge in [-0.3, -0.25) is 0 Å². The molecule has 0 bridgehead atoms. The summed E-state index contributed by atoms with van der Waals surface area (Å²) in [4.78, 5) is 2.33. The molecule has 0 aliphatic rings. The fraction of sp³-hybridized carbons (Fsp3) is 0.333. The first kappa shape index (κ1) is 21.7. The maximum Gasteiger partial charge on any atom is 0.123 e. The molecule has 154 valence electrons. The molecule has 1 aromatic heterocycles. The van der Waals surface area contributed by atoms with Crippen molar-refractivity contribution in [1.82, 2.24) is 0 Å². The number of aliphatic hydroxyl groups is 2. The fourth-order valence-corrected chi connectivity index (χ4v) is 4.28. The summed E-state index contributed by atoms with van der Waals surface area (Å²) in [5.74, 6) is -0.231. The molecule has 2 aromatic carbocycles. The molecule has 0 saturated carbocycles. The van der Waals surface area contributed by atoms with Crippen molar-refractivity contribution in [3.63, 3.8) is 0 Å². The molecule has 2 N–H and O–H groups in total. The largest absolute Gasteiger partial charge is 0.394 e. The first-order chi connectivity index (χ1) is 14.0. The van der Waals surface area contributed by atoms with Gasteiger partial charge in [0.15, 0.2) is 0 Å². The topological polar surface area (TPSA) is 49.7 Å². The molecule has 2 atom stereocenters. The van der Waals surface area contributed by atoms with Crippen molar-refractivity contribution in [2.45, 2.75) is 38.9 Å². The van der Waals surface area contributed by atoms with Crippen molar-refractivity contribution < 1.29 is 19.3 Å². The maximum absolute atomic E-state index is 13.2. The first-order valence-corrected chi connectivity index (χ1v) is 10.7. The highest BCUT2D eigenvalue weighted by Crippen LogP contribution is 2.31. The van der Waals surface area contributed by atoms with Gasteiger partial charge in [-0.15, -0.1) is 11.3 Å². The quantitative estimate of drug-likeness (QED) is 0.501. The Hall–Kier alpha value is -2.05. The predicted molar refractivity (Wildman–Crippen MR) is 116 cm³/mol. The predicted octanol–water partition coefficient (Wildman–Crippen LogP) is 5.27. The Balaban J connectivity index is 1.79. The average molecular weight is 415 g/mol. The number of hydrogen-bond donors (Lipinski definition) is 2. The lowest BCUT2D eigenvalue weighted by Crippen LogP contribution is -2.22. The fourth-order valence-electron chi connectivity index (χ4n) is 3.24. The van der Waals surface area contributed by atoms with E-state index < -0.39 is 6.10 Å². The van der Waals surface area contributed by atoms with Crippen molar-refractivity contribution in [2.24, 2.45) is 0 Å². The molecule has 3 nitrogen and oxygen atoms in total. The standard InChI is InChI=1S/C24H27FO3S/c1-3-21(14-26)28-23(15-27)18-5-4-16(2)19(12-18)13-22-10-11-24(29-22)17-6-8-20(25)9-7-17/h4-12,21,23,26-27H,3,13-15H2,1-2H3. The van der Waals surface area contributed by atoms with E-state index in [0.29, 0.717) is 6.42 Å². The summed E-state index contributed by atoms with van der Waals surface area (Å²) in [5.41, 5.74) is 4.28. The molecule has 0 amide bonds. The third kappa shape index (κ3) is 5.52. The van der Waals surface area contributed by atoms with Crippen LogP contribution in [0, 0.1) is 12.7 Å². The molecule has 2 unspecified atom stereocenters. The molecule has 1 heterocycles. The highest BCUT2D eigenvalue weighted by molar-refractivity contribution is 7.15. The summed E-state index contributed by atoms with van der Waals surface area (Å²) < 4.78 is 19.0. The minimum atomic E-state index is -0.454. The van der Waals surface area contributed by atoms with Crippen LogP contribution in [0.15, 0.2) is 54.6 Å². The van der Waals surface area contributed by atoms with E-state index in [1.54, 1.807) is 23.5 Å². The second-order valence-electron chi connectivity index (χ2n) is 7.16. The SMILES string of the molecule is CCC(CO)OC(CO)c1ccc(C)c(Cc2ccc(-c3ccc(F)cc3)s2)c1. The zero-order valence-corrected chi connectivity index (χ0v) is 17.6. The lowest BCUT2D eigenvalue weighted by atomic mass is 9.99. The van der Waals surface area contributed by atoms with Crippen LogP contribution in [0.1, 0.15) is 41.0 Å². The van der Waals surface area contributed by atoms with Crippen molar-refractivity contribution in [1.29, 1.82) is 0 Å². The Bertz CT molecular complexity index is 916. The zero-order chi connectivity index (χ0) is 20.8. The molecule has 0 spiro atoms. The van der Waals surface area contributed by atoms with Crippen molar-refractivity contribution in [3.05, 3.63) is 82.0 Å². The summed E-state index contributed by atoms with van der Waals surface area (Å²) >= 11 is 1.70. The van der Waals surface area contributed by atoms with E-state index in [-0.39, 0.29) is 25.1 Å². The van der Waals surface area contributed by atoms with E-state index in [4.69, 9.17) is 4.74 Å². The van der Waals surface area contributed by atoms with E-state index in [0.717, 1.165) is 22.4 Å². The van der Waals surface area contributed by atoms with Crippen LogP contribution < -0.4 is 0 Å². The Kier molecular flexibility index (Phi) is 7.56. The van der Waals surface area contributed by atoms with E-state index in [2.05, 4.69) is 25.1 Å². The Morgan fingerprint density at radius 1 is 1.00 bits per heavy atom. The second kappa shape index (κ2) is 10.1. The van der Waals surface area contributed by atoms with Crippen molar-refractivity contribution in [2.75, 3.05) is 13.2 Å². The van der Waals surface area contributed by atoms with E-state index >= 15 is 0 Å². The van der Waals surface area contributed by atoms with Crippen molar-refractivity contribution >= 4 is 11.3 Å². The van der Waals surface area contributed by atoms with Gasteiger partial charge in [0, 0.05) is 16.2 Å². The van der Waals surface area contributed by atoms with Gasteiger partial charge >= 0.3 is 0 Å². The number of thiophene rings is 1. The van der Waals surface area contributed by atoms with Crippen LogP contribution in [0.4, 0.5) is 4.39 Å². The van der Waals surface area contributed by atoms with Gasteiger partial charge in [0.25, 0.3) is 0 Å². The normalized spacial score (nSPS) is 13.4. The molecule has 3 rings (SSSR count). The van der Waals surface area contributed by atoms with Crippen LogP contribution in [-0.4, -0.2) is 29.5 Å². The zero-order valence-electron chi connectivity index (χ0n) is 16.8. The smallest absolute Gasteiger partial charge is 0.123 e. The molecule has 0 aliphatic carbocycles.